The molecule has 0 saturated carbocycles. The van der Waals surface area contributed by atoms with Gasteiger partial charge in [0.05, 0.1) is 29.6 Å². The zero-order valence-electron chi connectivity index (χ0n) is 12.3. The van der Waals surface area contributed by atoms with Crippen molar-refractivity contribution in [3.63, 3.8) is 0 Å². The van der Waals surface area contributed by atoms with Crippen LogP contribution in [0.2, 0.25) is 0 Å². The van der Waals surface area contributed by atoms with Gasteiger partial charge in [-0.05, 0) is 30.5 Å². The predicted octanol–water partition coefficient (Wildman–Crippen LogP) is 2.44. The Labute approximate surface area is 133 Å². The summed E-state index contributed by atoms with van der Waals surface area (Å²) >= 11 is 1.36. The van der Waals surface area contributed by atoms with Crippen molar-refractivity contribution in [2.45, 2.75) is 25.9 Å². The number of hydrogen-bond donors (Lipinski definition) is 1. The minimum atomic E-state index is -0.611. The molecule has 0 aliphatic rings. The molecule has 116 valence electrons. The molecule has 0 aromatic carbocycles. The van der Waals surface area contributed by atoms with Crippen LogP contribution in [0.3, 0.4) is 0 Å². The van der Waals surface area contributed by atoms with E-state index in [0.29, 0.717) is 18.0 Å². The van der Waals surface area contributed by atoms with Crippen LogP contribution in [0.5, 0.6) is 0 Å². The standard InChI is InChI=1S/C16H18N2O3S/c1-2-21-15(19)10-13(16(20)14-7-5-9-22-14)18-11-12-6-3-4-8-17-12/h3-9,13,18H,2,10-11H2,1H3. The normalized spacial score (nSPS) is 11.9. The van der Waals surface area contributed by atoms with Gasteiger partial charge in [-0.1, -0.05) is 12.1 Å². The number of Topliss-reactive ketones (excluding diaryl/α,β-unsaturated/α-hetero) is 1. The molecule has 0 spiro atoms. The van der Waals surface area contributed by atoms with Gasteiger partial charge in [-0.25, -0.2) is 0 Å². The van der Waals surface area contributed by atoms with Gasteiger partial charge < -0.3 is 10.1 Å². The van der Waals surface area contributed by atoms with E-state index in [9.17, 15) is 9.59 Å². The molecular formula is C16H18N2O3S. The van der Waals surface area contributed by atoms with E-state index in [1.807, 2.05) is 29.6 Å². The number of ether oxygens (including phenoxy) is 1. The zero-order chi connectivity index (χ0) is 15.8. The largest absolute Gasteiger partial charge is 0.466 e. The highest BCUT2D eigenvalue weighted by molar-refractivity contribution is 7.12. The molecule has 22 heavy (non-hydrogen) atoms. The van der Waals surface area contributed by atoms with Crippen molar-refractivity contribution in [1.82, 2.24) is 10.3 Å². The van der Waals surface area contributed by atoms with E-state index in [1.54, 1.807) is 19.2 Å². The number of nitrogens with zero attached hydrogens (tertiary/aromatic N) is 1. The molecular weight excluding hydrogens is 300 g/mol. The van der Waals surface area contributed by atoms with Gasteiger partial charge in [-0.2, -0.15) is 0 Å². The molecule has 0 bridgehead atoms. The van der Waals surface area contributed by atoms with Crippen LogP contribution in [0.25, 0.3) is 0 Å². The monoisotopic (exact) mass is 318 g/mol. The Morgan fingerprint density at radius 3 is 2.82 bits per heavy atom. The number of ketones is 1. The number of rotatable bonds is 8. The number of carbonyl (C=O) groups excluding carboxylic acids is 2. The van der Waals surface area contributed by atoms with E-state index in [2.05, 4.69) is 10.3 Å². The lowest BCUT2D eigenvalue weighted by atomic mass is 10.1. The van der Waals surface area contributed by atoms with Crippen LogP contribution in [-0.4, -0.2) is 29.4 Å². The number of thiophene rings is 1. The molecule has 1 N–H and O–H groups in total. The predicted molar refractivity (Wildman–Crippen MR) is 84.8 cm³/mol. The summed E-state index contributed by atoms with van der Waals surface area (Å²) in [5, 5.41) is 4.95. The molecule has 2 rings (SSSR count). The Morgan fingerprint density at radius 2 is 2.18 bits per heavy atom. The summed E-state index contributed by atoms with van der Waals surface area (Å²) in [4.78, 5) is 29.0. The van der Waals surface area contributed by atoms with Gasteiger partial charge in [0.15, 0.2) is 5.78 Å². The average molecular weight is 318 g/mol. The lowest BCUT2D eigenvalue weighted by Gasteiger charge is -2.16. The molecule has 2 aromatic heterocycles. The van der Waals surface area contributed by atoms with E-state index >= 15 is 0 Å². The van der Waals surface area contributed by atoms with Gasteiger partial charge in [-0.3, -0.25) is 14.6 Å². The maximum atomic E-state index is 12.5. The summed E-state index contributed by atoms with van der Waals surface area (Å²) in [6.45, 7) is 2.47. The molecule has 0 amide bonds. The number of aromatic nitrogens is 1. The number of hydrogen-bond acceptors (Lipinski definition) is 6. The van der Waals surface area contributed by atoms with Crippen molar-refractivity contribution in [3.8, 4) is 0 Å². The first-order valence-electron chi connectivity index (χ1n) is 7.07. The summed E-state index contributed by atoms with van der Waals surface area (Å²) < 4.78 is 4.95. The second-order valence-electron chi connectivity index (χ2n) is 4.61. The molecule has 2 heterocycles. The van der Waals surface area contributed by atoms with Crippen LogP contribution < -0.4 is 5.32 Å². The molecule has 5 nitrogen and oxygen atoms in total. The molecule has 6 heteroatoms. The lowest BCUT2D eigenvalue weighted by Crippen LogP contribution is -2.38. The third kappa shape index (κ3) is 4.75. The fourth-order valence-corrected chi connectivity index (χ4v) is 2.68. The maximum Gasteiger partial charge on any atom is 0.307 e. The van der Waals surface area contributed by atoms with E-state index in [0.717, 1.165) is 5.69 Å². The molecule has 2 aromatic rings. The van der Waals surface area contributed by atoms with Crippen LogP contribution in [-0.2, 0) is 16.1 Å². The summed E-state index contributed by atoms with van der Waals surface area (Å²) in [7, 11) is 0. The fourth-order valence-electron chi connectivity index (χ4n) is 1.97. The fraction of sp³-hybridized carbons (Fsp3) is 0.312. The van der Waals surface area contributed by atoms with Gasteiger partial charge in [-0.15, -0.1) is 11.3 Å². The summed E-state index contributed by atoms with van der Waals surface area (Å²) in [6.07, 6.45) is 1.70. The summed E-state index contributed by atoms with van der Waals surface area (Å²) in [6, 6.07) is 8.54. The third-order valence-corrected chi connectivity index (χ3v) is 3.90. The van der Waals surface area contributed by atoms with Gasteiger partial charge in [0, 0.05) is 12.7 Å². The average Bonchev–Trinajstić information content (AvgIpc) is 3.06. The van der Waals surface area contributed by atoms with Gasteiger partial charge in [0.1, 0.15) is 0 Å². The molecule has 0 aliphatic carbocycles. The first-order chi connectivity index (χ1) is 10.7. The second kappa shape index (κ2) is 8.41. The molecule has 1 atom stereocenters. The van der Waals surface area contributed by atoms with E-state index in [4.69, 9.17) is 4.74 Å². The first kappa shape index (κ1) is 16.3. The SMILES string of the molecule is CCOC(=O)CC(NCc1ccccn1)C(=O)c1cccs1. The highest BCUT2D eigenvalue weighted by Gasteiger charge is 2.24. The number of carbonyl (C=O) groups is 2. The van der Waals surface area contributed by atoms with Crippen LogP contribution >= 0.6 is 11.3 Å². The Balaban J connectivity index is 2.04. The molecule has 1 unspecified atom stereocenters. The second-order valence-corrected chi connectivity index (χ2v) is 5.55. The van der Waals surface area contributed by atoms with Gasteiger partial charge in [0.2, 0.25) is 0 Å². The smallest absolute Gasteiger partial charge is 0.307 e. The Bertz CT molecular complexity index is 599. The Kier molecular flexibility index (Phi) is 6.24. The van der Waals surface area contributed by atoms with Crippen molar-refractivity contribution in [2.75, 3.05) is 6.61 Å². The van der Waals surface area contributed by atoms with Gasteiger partial charge in [0.25, 0.3) is 0 Å². The van der Waals surface area contributed by atoms with E-state index < -0.39 is 6.04 Å². The Hall–Kier alpha value is -2.05. The topological polar surface area (TPSA) is 68.3 Å². The van der Waals surface area contributed by atoms with Crippen molar-refractivity contribution in [1.29, 1.82) is 0 Å². The molecule has 0 fully saturated rings. The van der Waals surface area contributed by atoms with Crippen molar-refractivity contribution in [3.05, 3.63) is 52.5 Å². The minimum absolute atomic E-state index is 0.0113. The lowest BCUT2D eigenvalue weighted by molar-refractivity contribution is -0.143. The van der Waals surface area contributed by atoms with Gasteiger partial charge >= 0.3 is 5.97 Å². The van der Waals surface area contributed by atoms with E-state index in [1.165, 1.54) is 11.3 Å². The highest BCUT2D eigenvalue weighted by Crippen LogP contribution is 2.14. The summed E-state index contributed by atoms with van der Waals surface area (Å²) in [5.74, 6) is -0.482. The van der Waals surface area contributed by atoms with Crippen molar-refractivity contribution < 1.29 is 14.3 Å². The quantitative estimate of drug-likeness (QED) is 0.598. The highest BCUT2D eigenvalue weighted by atomic mass is 32.1. The van der Waals surface area contributed by atoms with Crippen molar-refractivity contribution in [2.24, 2.45) is 0 Å². The Morgan fingerprint density at radius 1 is 1.32 bits per heavy atom. The number of esters is 1. The van der Waals surface area contributed by atoms with Crippen LogP contribution in [0.4, 0.5) is 0 Å². The molecule has 0 saturated heterocycles. The maximum absolute atomic E-state index is 12.5. The van der Waals surface area contributed by atoms with Crippen LogP contribution in [0.1, 0.15) is 28.7 Å². The summed E-state index contributed by atoms with van der Waals surface area (Å²) in [5.41, 5.74) is 0.815. The van der Waals surface area contributed by atoms with Crippen molar-refractivity contribution >= 4 is 23.1 Å². The first-order valence-corrected chi connectivity index (χ1v) is 7.95. The van der Waals surface area contributed by atoms with Crippen LogP contribution in [0, 0.1) is 0 Å². The number of nitrogens with one attached hydrogen (secondary N) is 1. The molecule has 0 radical (unpaired) electrons. The minimum Gasteiger partial charge on any atom is -0.466 e. The zero-order valence-corrected chi connectivity index (χ0v) is 13.1. The number of pyridine rings is 1. The third-order valence-electron chi connectivity index (χ3n) is 3.01. The van der Waals surface area contributed by atoms with Crippen LogP contribution in [0.15, 0.2) is 41.9 Å². The van der Waals surface area contributed by atoms with E-state index in [-0.39, 0.29) is 18.2 Å². The molecule has 0 aliphatic heterocycles.